The number of fused-ring (bicyclic) bond motifs is 1. The van der Waals surface area contributed by atoms with E-state index in [-0.39, 0.29) is 17.7 Å². The van der Waals surface area contributed by atoms with Crippen LogP contribution in [0.5, 0.6) is 0 Å². The van der Waals surface area contributed by atoms with Gasteiger partial charge in [0.05, 0.1) is 6.04 Å². The average Bonchev–Trinajstić information content (AvgIpc) is 3.25. The Morgan fingerprint density at radius 1 is 1.15 bits per heavy atom. The molecule has 0 spiro atoms. The molecule has 2 aliphatic rings. The number of hydrogen-bond acceptors (Lipinski definition) is 3. The molecule has 1 fully saturated rings. The van der Waals surface area contributed by atoms with E-state index in [0.717, 1.165) is 37.9 Å². The Morgan fingerprint density at radius 3 is 2.70 bits per heavy atom. The number of rotatable bonds is 3. The minimum absolute atomic E-state index is 0.138. The Kier molecular flexibility index (Phi) is 2.69. The Hall–Kier alpha value is -1.97. The fourth-order valence-electron chi connectivity index (χ4n) is 2.97. The van der Waals surface area contributed by atoms with E-state index in [1.54, 1.807) is 0 Å². The van der Waals surface area contributed by atoms with Gasteiger partial charge in [-0.05, 0) is 31.2 Å². The third kappa shape index (κ3) is 1.96. The maximum atomic E-state index is 12.1. The molecule has 102 valence electrons. The molecule has 1 aromatic heterocycles. The molecule has 0 amide bonds. The van der Waals surface area contributed by atoms with Crippen LogP contribution in [0.25, 0.3) is 0 Å². The molecule has 4 nitrogen and oxygen atoms in total. The number of benzene rings is 1. The summed E-state index contributed by atoms with van der Waals surface area (Å²) in [6.07, 6.45) is 5.11. The summed E-state index contributed by atoms with van der Waals surface area (Å²) in [5, 5.41) is 4.53. The summed E-state index contributed by atoms with van der Waals surface area (Å²) < 4.78 is 1.98. The lowest BCUT2D eigenvalue weighted by Crippen LogP contribution is -2.20. The summed E-state index contributed by atoms with van der Waals surface area (Å²) in [7, 11) is 0. The van der Waals surface area contributed by atoms with Gasteiger partial charge >= 0.3 is 0 Å². The standard InChI is InChI=1S/C16H17N3O/c20-15(12-9-10-12)16-17-14-8-4-7-13(19(14)18-16)11-5-2-1-3-6-11/h1-3,5-6,12-13H,4,7-10H2/t13-/m0/s1. The molecule has 2 aromatic rings. The van der Waals surface area contributed by atoms with E-state index >= 15 is 0 Å². The molecule has 0 saturated heterocycles. The highest BCUT2D eigenvalue weighted by Crippen LogP contribution is 2.33. The Morgan fingerprint density at radius 2 is 1.95 bits per heavy atom. The van der Waals surface area contributed by atoms with Crippen molar-refractivity contribution in [1.82, 2.24) is 14.8 Å². The Labute approximate surface area is 117 Å². The molecule has 20 heavy (non-hydrogen) atoms. The van der Waals surface area contributed by atoms with Gasteiger partial charge in [0.25, 0.3) is 0 Å². The molecule has 4 rings (SSSR count). The van der Waals surface area contributed by atoms with Crippen LogP contribution in [-0.4, -0.2) is 20.5 Å². The van der Waals surface area contributed by atoms with Crippen LogP contribution in [0.1, 0.15) is 53.7 Å². The molecule has 0 unspecified atom stereocenters. The molecular formula is C16H17N3O. The van der Waals surface area contributed by atoms with Crippen LogP contribution in [0, 0.1) is 5.92 Å². The summed E-state index contributed by atoms with van der Waals surface area (Å²) >= 11 is 0. The van der Waals surface area contributed by atoms with Gasteiger partial charge in [-0.1, -0.05) is 30.3 Å². The first-order valence-corrected chi connectivity index (χ1v) is 7.37. The second kappa shape index (κ2) is 4.54. The number of hydrogen-bond donors (Lipinski definition) is 0. The highest BCUT2D eigenvalue weighted by Gasteiger charge is 2.34. The van der Waals surface area contributed by atoms with Gasteiger partial charge < -0.3 is 0 Å². The van der Waals surface area contributed by atoms with Crippen LogP contribution in [0.3, 0.4) is 0 Å². The van der Waals surface area contributed by atoms with E-state index in [4.69, 9.17) is 0 Å². The number of carbonyl (C=O) groups excluding carboxylic acids is 1. The largest absolute Gasteiger partial charge is 0.290 e. The molecule has 0 radical (unpaired) electrons. The van der Waals surface area contributed by atoms with Gasteiger partial charge in [0.2, 0.25) is 11.6 Å². The van der Waals surface area contributed by atoms with Gasteiger partial charge in [-0.15, -0.1) is 5.10 Å². The van der Waals surface area contributed by atoms with Crippen molar-refractivity contribution in [2.75, 3.05) is 0 Å². The lowest BCUT2D eigenvalue weighted by Gasteiger charge is -2.23. The molecule has 4 heteroatoms. The summed E-state index contributed by atoms with van der Waals surface area (Å²) in [6.45, 7) is 0. The van der Waals surface area contributed by atoms with E-state index in [1.165, 1.54) is 5.56 Å². The monoisotopic (exact) mass is 267 g/mol. The van der Waals surface area contributed by atoms with Crippen molar-refractivity contribution in [2.24, 2.45) is 5.92 Å². The first-order chi connectivity index (χ1) is 9.83. The number of Topliss-reactive ketones (excluding diaryl/α,β-unsaturated/α-hetero) is 1. The molecule has 1 saturated carbocycles. The minimum Gasteiger partial charge on any atom is -0.290 e. The quantitative estimate of drug-likeness (QED) is 0.803. The van der Waals surface area contributed by atoms with Crippen LogP contribution < -0.4 is 0 Å². The highest BCUT2D eigenvalue weighted by molar-refractivity contribution is 5.95. The van der Waals surface area contributed by atoms with E-state index in [0.29, 0.717) is 5.82 Å². The fourth-order valence-corrected chi connectivity index (χ4v) is 2.97. The van der Waals surface area contributed by atoms with Gasteiger partial charge in [0.15, 0.2) is 0 Å². The third-order valence-electron chi connectivity index (χ3n) is 4.23. The second-order valence-electron chi connectivity index (χ2n) is 5.75. The van der Waals surface area contributed by atoms with Crippen molar-refractivity contribution in [3.8, 4) is 0 Å². The normalized spacial score (nSPS) is 21.5. The molecule has 1 aliphatic carbocycles. The van der Waals surface area contributed by atoms with Crippen molar-refractivity contribution in [2.45, 2.75) is 38.1 Å². The van der Waals surface area contributed by atoms with Crippen molar-refractivity contribution >= 4 is 5.78 Å². The highest BCUT2D eigenvalue weighted by atomic mass is 16.1. The topological polar surface area (TPSA) is 47.8 Å². The van der Waals surface area contributed by atoms with E-state index in [2.05, 4.69) is 34.3 Å². The molecule has 1 aliphatic heterocycles. The molecule has 0 bridgehead atoms. The Bertz CT molecular complexity index is 643. The maximum absolute atomic E-state index is 12.1. The van der Waals surface area contributed by atoms with Crippen LogP contribution in [-0.2, 0) is 6.42 Å². The van der Waals surface area contributed by atoms with Crippen molar-refractivity contribution in [1.29, 1.82) is 0 Å². The van der Waals surface area contributed by atoms with Crippen molar-refractivity contribution in [3.63, 3.8) is 0 Å². The fraction of sp³-hybridized carbons (Fsp3) is 0.438. The maximum Gasteiger partial charge on any atom is 0.217 e. The van der Waals surface area contributed by atoms with Crippen molar-refractivity contribution < 1.29 is 4.79 Å². The minimum atomic E-state index is 0.138. The van der Waals surface area contributed by atoms with E-state index in [1.807, 2.05) is 10.7 Å². The van der Waals surface area contributed by atoms with Crippen molar-refractivity contribution in [3.05, 3.63) is 47.5 Å². The number of carbonyl (C=O) groups is 1. The summed E-state index contributed by atoms with van der Waals surface area (Å²) in [5.41, 5.74) is 1.25. The van der Waals surface area contributed by atoms with Gasteiger partial charge in [-0.3, -0.25) is 4.79 Å². The molecule has 0 N–H and O–H groups in total. The van der Waals surface area contributed by atoms with Crippen LogP contribution in [0.15, 0.2) is 30.3 Å². The predicted molar refractivity (Wildman–Crippen MR) is 74.6 cm³/mol. The zero-order valence-electron chi connectivity index (χ0n) is 11.3. The number of aromatic nitrogens is 3. The van der Waals surface area contributed by atoms with Crippen LogP contribution in [0.2, 0.25) is 0 Å². The molecule has 1 aromatic carbocycles. The smallest absolute Gasteiger partial charge is 0.217 e. The molecule has 2 heterocycles. The van der Waals surface area contributed by atoms with Gasteiger partial charge in [-0.2, -0.15) is 0 Å². The number of ketones is 1. The zero-order valence-corrected chi connectivity index (χ0v) is 11.3. The van der Waals surface area contributed by atoms with Gasteiger partial charge in [0, 0.05) is 12.3 Å². The third-order valence-corrected chi connectivity index (χ3v) is 4.23. The van der Waals surface area contributed by atoms with E-state index < -0.39 is 0 Å². The number of nitrogens with zero attached hydrogens (tertiary/aromatic N) is 3. The van der Waals surface area contributed by atoms with Gasteiger partial charge in [-0.25, -0.2) is 9.67 Å². The van der Waals surface area contributed by atoms with E-state index in [9.17, 15) is 4.79 Å². The first kappa shape index (κ1) is 11.8. The van der Waals surface area contributed by atoms with Crippen LogP contribution in [0.4, 0.5) is 0 Å². The van der Waals surface area contributed by atoms with Gasteiger partial charge in [0.1, 0.15) is 5.82 Å². The van der Waals surface area contributed by atoms with Crippen LogP contribution >= 0.6 is 0 Å². The predicted octanol–water partition coefficient (Wildman–Crippen LogP) is 2.80. The SMILES string of the molecule is O=C(c1nc2n(n1)[C@H](c1ccccc1)CCC2)C1CC1. The second-order valence-corrected chi connectivity index (χ2v) is 5.75. The average molecular weight is 267 g/mol. The Balaban J connectivity index is 1.71. The molecule has 1 atom stereocenters. The lowest BCUT2D eigenvalue weighted by atomic mass is 9.98. The number of aryl methyl sites for hydroxylation is 1. The first-order valence-electron chi connectivity index (χ1n) is 7.37. The lowest BCUT2D eigenvalue weighted by molar-refractivity contribution is 0.0957. The summed E-state index contributed by atoms with van der Waals surface area (Å²) in [6, 6.07) is 10.6. The summed E-state index contributed by atoms with van der Waals surface area (Å²) in [5.74, 6) is 1.73. The summed E-state index contributed by atoms with van der Waals surface area (Å²) in [4.78, 5) is 16.6. The molecular weight excluding hydrogens is 250 g/mol. The zero-order chi connectivity index (χ0) is 13.5.